The van der Waals surface area contributed by atoms with Gasteiger partial charge in [-0.25, -0.2) is 13.1 Å². The second-order valence-electron chi connectivity index (χ2n) is 6.32. The van der Waals surface area contributed by atoms with Crippen LogP contribution in [0.1, 0.15) is 16.1 Å². The quantitative estimate of drug-likeness (QED) is 0.741. The van der Waals surface area contributed by atoms with Gasteiger partial charge in [0, 0.05) is 26.2 Å². The van der Waals surface area contributed by atoms with Crippen molar-refractivity contribution in [1.82, 2.24) is 19.0 Å². The first-order chi connectivity index (χ1) is 11.8. The zero-order valence-corrected chi connectivity index (χ0v) is 17.0. The maximum absolute atomic E-state index is 12.9. The smallest absolute Gasteiger partial charge is 0.243 e. The van der Waals surface area contributed by atoms with Crippen LogP contribution in [0, 0.1) is 24.7 Å². The van der Waals surface area contributed by atoms with Gasteiger partial charge in [0.15, 0.2) is 3.95 Å². The number of aromatic nitrogens is 2. The summed E-state index contributed by atoms with van der Waals surface area (Å²) in [6, 6.07) is 5.47. The van der Waals surface area contributed by atoms with E-state index in [2.05, 4.69) is 10.00 Å². The van der Waals surface area contributed by atoms with E-state index in [0.717, 1.165) is 20.1 Å². The van der Waals surface area contributed by atoms with E-state index >= 15 is 0 Å². The van der Waals surface area contributed by atoms with Gasteiger partial charge < -0.3 is 0 Å². The van der Waals surface area contributed by atoms with Gasteiger partial charge in [-0.05, 0) is 44.6 Å². The molecule has 1 aliphatic heterocycles. The fourth-order valence-electron chi connectivity index (χ4n) is 3.03. The number of nitrogens with zero attached hydrogens (tertiary/aromatic N) is 4. The first-order valence-electron chi connectivity index (χ1n) is 8.12. The van der Waals surface area contributed by atoms with Crippen LogP contribution in [0.4, 0.5) is 0 Å². The Bertz CT molecular complexity index is 925. The second-order valence-corrected chi connectivity index (χ2v) is 10.1. The van der Waals surface area contributed by atoms with E-state index in [0.29, 0.717) is 37.7 Å². The molecule has 0 amide bonds. The lowest BCUT2D eigenvalue weighted by molar-refractivity contribution is 0.145. The number of hydrogen-bond acceptors (Lipinski definition) is 6. The second kappa shape index (κ2) is 7.24. The highest BCUT2D eigenvalue weighted by Gasteiger charge is 2.29. The molecule has 0 saturated carbocycles. The Kier molecular flexibility index (Phi) is 5.40. The van der Waals surface area contributed by atoms with Crippen molar-refractivity contribution in [2.24, 2.45) is 0 Å². The third-order valence-corrected chi connectivity index (χ3v) is 7.60. The predicted octanol–water partition coefficient (Wildman–Crippen LogP) is 2.56. The van der Waals surface area contributed by atoms with Crippen LogP contribution < -0.4 is 0 Å². The van der Waals surface area contributed by atoms with Gasteiger partial charge in [0.05, 0.1) is 11.6 Å². The number of piperazine rings is 1. The molecule has 1 saturated heterocycles. The van der Waals surface area contributed by atoms with Gasteiger partial charge in [-0.2, -0.15) is 9.40 Å². The van der Waals surface area contributed by atoms with Crippen LogP contribution in [0.5, 0.6) is 0 Å². The van der Waals surface area contributed by atoms with Crippen LogP contribution in [-0.2, 0) is 16.7 Å². The molecule has 1 fully saturated rings. The van der Waals surface area contributed by atoms with Crippen LogP contribution >= 0.6 is 23.6 Å². The van der Waals surface area contributed by atoms with E-state index < -0.39 is 10.0 Å². The first-order valence-corrected chi connectivity index (χ1v) is 10.8. The number of sulfonamides is 1. The van der Waals surface area contributed by atoms with E-state index in [4.69, 9.17) is 12.2 Å². The number of hydrogen-bond donors (Lipinski definition) is 0. The van der Waals surface area contributed by atoms with Crippen LogP contribution in [0.2, 0.25) is 0 Å². The molecule has 9 heteroatoms. The molecule has 0 unspecified atom stereocenters. The summed E-state index contributed by atoms with van der Waals surface area (Å²) in [7, 11) is -3.44. The average Bonchev–Trinajstić information content (AvgIpc) is 2.85. The molecule has 6 nitrogen and oxygen atoms in total. The topological polar surface area (TPSA) is 58.4 Å². The summed E-state index contributed by atoms with van der Waals surface area (Å²) in [6.07, 6.45) is 0. The molecule has 0 spiro atoms. The van der Waals surface area contributed by atoms with Gasteiger partial charge in [-0.1, -0.05) is 29.0 Å². The molecular weight excluding hydrogens is 376 g/mol. The van der Waals surface area contributed by atoms with Crippen molar-refractivity contribution >= 4 is 33.6 Å². The first kappa shape index (κ1) is 18.7. The van der Waals surface area contributed by atoms with Gasteiger partial charge in [-0.3, -0.25) is 4.90 Å². The maximum atomic E-state index is 12.9. The van der Waals surface area contributed by atoms with Crippen molar-refractivity contribution in [3.8, 4) is 0 Å². The SMILES string of the molecule is Cc1ccc(S(=O)(=O)N2CCN(Cn3nc(C)sc3=S)CC2)c(C)c1. The maximum Gasteiger partial charge on any atom is 0.243 e. The lowest BCUT2D eigenvalue weighted by Gasteiger charge is -2.34. The summed E-state index contributed by atoms with van der Waals surface area (Å²) in [5.41, 5.74) is 1.86. The Balaban J connectivity index is 1.69. The molecule has 0 N–H and O–H groups in total. The minimum atomic E-state index is -3.44. The molecule has 1 aliphatic rings. The highest BCUT2D eigenvalue weighted by Crippen LogP contribution is 2.22. The third-order valence-electron chi connectivity index (χ3n) is 4.32. The Hall–Kier alpha value is -1.13. The summed E-state index contributed by atoms with van der Waals surface area (Å²) in [5.74, 6) is 0. The van der Waals surface area contributed by atoms with E-state index in [-0.39, 0.29) is 0 Å². The zero-order valence-electron chi connectivity index (χ0n) is 14.6. The standard InChI is InChI=1S/C16H22N4O2S3/c1-12-4-5-15(13(2)10-12)25(21,22)19-8-6-18(7-9-19)11-20-16(23)24-14(3)17-20/h4-5,10H,6-9,11H2,1-3H3. The van der Waals surface area contributed by atoms with Crippen molar-refractivity contribution in [3.63, 3.8) is 0 Å². The van der Waals surface area contributed by atoms with Crippen LogP contribution in [-0.4, -0.2) is 53.6 Å². The molecule has 0 bridgehead atoms. The fourth-order valence-corrected chi connectivity index (χ4v) is 5.71. The van der Waals surface area contributed by atoms with Crippen molar-refractivity contribution in [2.75, 3.05) is 26.2 Å². The summed E-state index contributed by atoms with van der Waals surface area (Å²) < 4.78 is 30.0. The van der Waals surface area contributed by atoms with Crippen LogP contribution in [0.25, 0.3) is 0 Å². The van der Waals surface area contributed by atoms with Crippen LogP contribution in [0.15, 0.2) is 23.1 Å². The van der Waals surface area contributed by atoms with Gasteiger partial charge in [-0.15, -0.1) is 0 Å². The number of rotatable bonds is 4. The minimum absolute atomic E-state index is 0.406. The summed E-state index contributed by atoms with van der Waals surface area (Å²) in [4.78, 5) is 2.59. The number of benzene rings is 1. The molecular formula is C16H22N4O2S3. The van der Waals surface area contributed by atoms with Crippen molar-refractivity contribution in [2.45, 2.75) is 32.3 Å². The predicted molar refractivity (Wildman–Crippen MR) is 102 cm³/mol. The molecule has 0 atom stereocenters. The lowest BCUT2D eigenvalue weighted by Crippen LogP contribution is -2.49. The van der Waals surface area contributed by atoms with E-state index in [1.54, 1.807) is 10.4 Å². The molecule has 136 valence electrons. The third kappa shape index (κ3) is 4.01. The highest BCUT2D eigenvalue weighted by atomic mass is 32.2. The molecule has 0 radical (unpaired) electrons. The summed E-state index contributed by atoms with van der Waals surface area (Å²) in [6.45, 7) is 8.66. The molecule has 2 heterocycles. The molecule has 3 rings (SSSR count). The molecule has 1 aromatic heterocycles. The highest BCUT2D eigenvalue weighted by molar-refractivity contribution is 7.89. The van der Waals surface area contributed by atoms with Crippen LogP contribution in [0.3, 0.4) is 0 Å². The summed E-state index contributed by atoms with van der Waals surface area (Å²) >= 11 is 6.79. The molecule has 25 heavy (non-hydrogen) atoms. The molecule has 1 aromatic carbocycles. The van der Waals surface area contributed by atoms with Crippen molar-refractivity contribution in [1.29, 1.82) is 0 Å². The largest absolute Gasteiger partial charge is 0.282 e. The van der Waals surface area contributed by atoms with Crippen molar-refractivity contribution in [3.05, 3.63) is 38.3 Å². The normalized spacial score (nSPS) is 17.1. The van der Waals surface area contributed by atoms with E-state index in [1.165, 1.54) is 11.3 Å². The summed E-state index contributed by atoms with van der Waals surface area (Å²) in [5, 5.41) is 5.34. The zero-order chi connectivity index (χ0) is 18.2. The lowest BCUT2D eigenvalue weighted by atomic mass is 10.2. The Morgan fingerprint density at radius 2 is 1.84 bits per heavy atom. The number of aryl methyl sites for hydroxylation is 3. The van der Waals surface area contributed by atoms with E-state index in [9.17, 15) is 8.42 Å². The van der Waals surface area contributed by atoms with Gasteiger partial charge >= 0.3 is 0 Å². The molecule has 0 aliphatic carbocycles. The van der Waals surface area contributed by atoms with Gasteiger partial charge in [0.25, 0.3) is 0 Å². The molecule has 2 aromatic rings. The van der Waals surface area contributed by atoms with Crippen molar-refractivity contribution < 1.29 is 8.42 Å². The van der Waals surface area contributed by atoms with Gasteiger partial charge in [0.2, 0.25) is 10.0 Å². The van der Waals surface area contributed by atoms with Gasteiger partial charge in [0.1, 0.15) is 5.01 Å². The Labute approximate surface area is 157 Å². The Morgan fingerprint density at radius 3 is 2.40 bits per heavy atom. The fraction of sp³-hybridized carbons (Fsp3) is 0.500. The Morgan fingerprint density at radius 1 is 1.16 bits per heavy atom. The average molecular weight is 399 g/mol. The monoisotopic (exact) mass is 398 g/mol. The minimum Gasteiger partial charge on any atom is -0.282 e. The van der Waals surface area contributed by atoms with E-state index in [1.807, 2.05) is 37.6 Å².